The van der Waals surface area contributed by atoms with Gasteiger partial charge in [-0.25, -0.2) is 4.39 Å². The van der Waals surface area contributed by atoms with Crippen molar-refractivity contribution in [3.8, 4) is 6.07 Å². The third kappa shape index (κ3) is 2.47. The number of benzene rings is 1. The summed E-state index contributed by atoms with van der Waals surface area (Å²) < 4.78 is 19.6. The highest BCUT2D eigenvalue weighted by Crippen LogP contribution is 2.40. The molecule has 0 saturated carbocycles. The van der Waals surface area contributed by atoms with Gasteiger partial charge in [0.05, 0.1) is 0 Å². The molecule has 1 atom stereocenters. The fourth-order valence-corrected chi connectivity index (χ4v) is 3.88. The van der Waals surface area contributed by atoms with Gasteiger partial charge in [0.1, 0.15) is 11.9 Å². The molecule has 1 aromatic rings. The number of halogens is 1. The summed E-state index contributed by atoms with van der Waals surface area (Å²) >= 11 is 0. The van der Waals surface area contributed by atoms with Gasteiger partial charge in [-0.1, -0.05) is 6.07 Å². The fourth-order valence-electron chi connectivity index (χ4n) is 2.57. The highest BCUT2D eigenvalue weighted by molar-refractivity contribution is 6.69. The molecular weight excluding hydrogens is 245 g/mol. The molecule has 18 heavy (non-hydrogen) atoms. The molecule has 0 aromatic heterocycles. The van der Waals surface area contributed by atoms with Crippen LogP contribution >= 0.6 is 0 Å². The van der Waals surface area contributed by atoms with Crippen LogP contribution in [-0.4, -0.2) is 8.32 Å². The lowest BCUT2D eigenvalue weighted by atomic mass is 9.80. The summed E-state index contributed by atoms with van der Waals surface area (Å²) in [5.74, 6) is -0.297. The van der Waals surface area contributed by atoms with Gasteiger partial charge >= 0.3 is 0 Å². The van der Waals surface area contributed by atoms with E-state index in [1.165, 1.54) is 12.1 Å². The molecule has 0 fully saturated rings. The summed E-state index contributed by atoms with van der Waals surface area (Å²) in [6.45, 7) is 6.17. The zero-order valence-corrected chi connectivity index (χ0v) is 12.1. The Balaban J connectivity index is 2.52. The molecule has 0 heterocycles. The SMILES string of the molecule is C[Si](C)(C)OC1(C#N)CCCc2ccc(F)cc21. The molecule has 0 radical (unpaired) electrons. The molecule has 1 aliphatic rings. The van der Waals surface area contributed by atoms with Crippen LogP contribution in [0.15, 0.2) is 18.2 Å². The summed E-state index contributed by atoms with van der Waals surface area (Å²) in [6.07, 6.45) is 2.47. The minimum Gasteiger partial charge on any atom is -0.396 e. The Labute approximate surface area is 109 Å². The summed E-state index contributed by atoms with van der Waals surface area (Å²) in [4.78, 5) is 0. The molecule has 0 aliphatic heterocycles. The molecule has 1 aliphatic carbocycles. The third-order valence-electron chi connectivity index (χ3n) is 3.14. The lowest BCUT2D eigenvalue weighted by Gasteiger charge is -2.38. The van der Waals surface area contributed by atoms with E-state index >= 15 is 0 Å². The average Bonchev–Trinajstić information content (AvgIpc) is 2.28. The number of fused-ring (bicyclic) bond motifs is 1. The van der Waals surface area contributed by atoms with Crippen molar-refractivity contribution in [1.82, 2.24) is 0 Å². The average molecular weight is 263 g/mol. The molecule has 1 aromatic carbocycles. The van der Waals surface area contributed by atoms with Crippen molar-refractivity contribution in [2.75, 3.05) is 0 Å². The van der Waals surface area contributed by atoms with Crippen LogP contribution < -0.4 is 0 Å². The van der Waals surface area contributed by atoms with Crippen LogP contribution in [0.25, 0.3) is 0 Å². The van der Waals surface area contributed by atoms with E-state index in [0.717, 1.165) is 24.0 Å². The molecule has 0 spiro atoms. The molecule has 96 valence electrons. The standard InChI is InChI=1S/C14H18FNOSi/c1-18(2,3)17-14(10-16)8-4-5-11-6-7-12(15)9-13(11)14/h6-7,9H,4-5,8H2,1-3H3. The zero-order chi connectivity index (χ0) is 13.4. The van der Waals surface area contributed by atoms with Gasteiger partial charge in [-0.2, -0.15) is 5.26 Å². The normalized spacial score (nSPS) is 23.3. The van der Waals surface area contributed by atoms with Gasteiger partial charge in [-0.05, 0) is 56.6 Å². The highest BCUT2D eigenvalue weighted by atomic mass is 28.4. The van der Waals surface area contributed by atoms with Crippen LogP contribution in [0.3, 0.4) is 0 Å². The van der Waals surface area contributed by atoms with Crippen molar-refractivity contribution < 1.29 is 8.82 Å². The first-order valence-corrected chi connectivity index (χ1v) is 9.67. The maximum absolute atomic E-state index is 13.5. The van der Waals surface area contributed by atoms with Crippen LogP contribution in [0.5, 0.6) is 0 Å². The Kier molecular flexibility index (Phi) is 3.30. The van der Waals surface area contributed by atoms with Crippen molar-refractivity contribution in [2.45, 2.75) is 44.5 Å². The predicted octanol–water partition coefficient (Wildman–Crippen LogP) is 3.73. The lowest BCUT2D eigenvalue weighted by Crippen LogP contribution is -2.42. The van der Waals surface area contributed by atoms with E-state index in [4.69, 9.17) is 4.43 Å². The number of rotatable bonds is 2. The molecule has 2 nitrogen and oxygen atoms in total. The first kappa shape index (κ1) is 13.3. The first-order valence-electron chi connectivity index (χ1n) is 6.27. The summed E-state index contributed by atoms with van der Waals surface area (Å²) in [5, 5.41) is 9.57. The molecule has 2 rings (SSSR count). The molecule has 0 bridgehead atoms. The highest BCUT2D eigenvalue weighted by Gasteiger charge is 2.41. The van der Waals surface area contributed by atoms with Gasteiger partial charge in [-0.15, -0.1) is 0 Å². The Morgan fingerprint density at radius 2 is 2.11 bits per heavy atom. The fraction of sp³-hybridized carbons (Fsp3) is 0.500. The second-order valence-corrected chi connectivity index (χ2v) is 10.2. The Hall–Kier alpha value is -1.18. The molecule has 0 saturated heterocycles. The van der Waals surface area contributed by atoms with E-state index in [0.29, 0.717) is 6.42 Å². The second-order valence-electron chi connectivity index (χ2n) is 5.81. The molecule has 0 amide bonds. The largest absolute Gasteiger partial charge is 0.396 e. The van der Waals surface area contributed by atoms with Gasteiger partial charge in [0.2, 0.25) is 0 Å². The van der Waals surface area contributed by atoms with E-state index in [-0.39, 0.29) is 5.82 Å². The molecule has 0 N–H and O–H groups in total. The lowest BCUT2D eigenvalue weighted by molar-refractivity contribution is 0.0980. The van der Waals surface area contributed by atoms with E-state index in [1.54, 1.807) is 6.07 Å². The van der Waals surface area contributed by atoms with Crippen molar-refractivity contribution in [1.29, 1.82) is 5.26 Å². The monoisotopic (exact) mass is 263 g/mol. The zero-order valence-electron chi connectivity index (χ0n) is 11.1. The Morgan fingerprint density at radius 3 is 2.72 bits per heavy atom. The predicted molar refractivity (Wildman–Crippen MR) is 71.1 cm³/mol. The minimum atomic E-state index is -1.87. The van der Waals surface area contributed by atoms with Crippen LogP contribution in [-0.2, 0) is 16.4 Å². The van der Waals surface area contributed by atoms with Crippen molar-refractivity contribution in [3.63, 3.8) is 0 Å². The topological polar surface area (TPSA) is 33.0 Å². The third-order valence-corrected chi connectivity index (χ3v) is 4.10. The van der Waals surface area contributed by atoms with E-state index in [2.05, 4.69) is 25.7 Å². The number of hydrogen-bond acceptors (Lipinski definition) is 2. The molecule has 4 heteroatoms. The summed E-state index contributed by atoms with van der Waals surface area (Å²) in [5.41, 5.74) is 0.835. The quantitative estimate of drug-likeness (QED) is 0.762. The van der Waals surface area contributed by atoms with Crippen LogP contribution in [0.1, 0.15) is 24.0 Å². The number of hydrogen-bond donors (Lipinski definition) is 0. The number of nitriles is 1. The maximum Gasteiger partial charge on any atom is 0.186 e. The second kappa shape index (κ2) is 4.49. The number of aryl methyl sites for hydroxylation is 1. The van der Waals surface area contributed by atoms with Gasteiger partial charge in [0, 0.05) is 5.56 Å². The van der Waals surface area contributed by atoms with Gasteiger partial charge in [0.25, 0.3) is 0 Å². The smallest absolute Gasteiger partial charge is 0.186 e. The summed E-state index contributed by atoms with van der Waals surface area (Å²) in [7, 11) is -1.87. The van der Waals surface area contributed by atoms with Crippen LogP contribution in [0.4, 0.5) is 4.39 Å². The molecule has 1 unspecified atom stereocenters. The van der Waals surface area contributed by atoms with Gasteiger partial charge in [-0.3, -0.25) is 0 Å². The van der Waals surface area contributed by atoms with E-state index in [1.807, 2.05) is 0 Å². The van der Waals surface area contributed by atoms with Crippen LogP contribution in [0, 0.1) is 17.1 Å². The summed E-state index contributed by atoms with van der Waals surface area (Å²) in [6, 6.07) is 7.01. The Morgan fingerprint density at radius 1 is 1.39 bits per heavy atom. The maximum atomic E-state index is 13.5. The van der Waals surface area contributed by atoms with E-state index in [9.17, 15) is 9.65 Å². The Bertz CT molecular complexity index is 503. The van der Waals surface area contributed by atoms with Crippen molar-refractivity contribution in [2.24, 2.45) is 0 Å². The van der Waals surface area contributed by atoms with Crippen molar-refractivity contribution >= 4 is 8.32 Å². The molecular formula is C14H18FNOSi. The van der Waals surface area contributed by atoms with E-state index < -0.39 is 13.9 Å². The van der Waals surface area contributed by atoms with Crippen LogP contribution in [0.2, 0.25) is 19.6 Å². The van der Waals surface area contributed by atoms with Crippen molar-refractivity contribution in [3.05, 3.63) is 35.1 Å². The number of nitrogens with zero attached hydrogens (tertiary/aromatic N) is 1. The minimum absolute atomic E-state index is 0.297. The van der Waals surface area contributed by atoms with Gasteiger partial charge in [0.15, 0.2) is 13.9 Å². The van der Waals surface area contributed by atoms with Gasteiger partial charge < -0.3 is 4.43 Å². The first-order chi connectivity index (χ1) is 8.36.